The second-order valence-corrected chi connectivity index (χ2v) is 3.64. The van der Waals surface area contributed by atoms with E-state index < -0.39 is 23.3 Å². The summed E-state index contributed by atoms with van der Waals surface area (Å²) in [5.74, 6) is -2.33. The van der Waals surface area contributed by atoms with Crippen molar-refractivity contribution in [1.82, 2.24) is 0 Å². The van der Waals surface area contributed by atoms with Gasteiger partial charge in [0.1, 0.15) is 6.29 Å². The molecule has 0 aliphatic carbocycles. The van der Waals surface area contributed by atoms with Crippen LogP contribution >= 0.6 is 0 Å². The fourth-order valence-corrected chi connectivity index (χ4v) is 1.34. The van der Waals surface area contributed by atoms with Crippen molar-refractivity contribution in [3.05, 3.63) is 0 Å². The van der Waals surface area contributed by atoms with Gasteiger partial charge in [-0.1, -0.05) is 6.92 Å². The molecule has 17 heavy (non-hydrogen) atoms. The lowest BCUT2D eigenvalue weighted by atomic mass is 9.92. The van der Waals surface area contributed by atoms with Crippen LogP contribution in [0.1, 0.15) is 39.5 Å². The molecule has 96 valence electrons. The third-order valence-corrected chi connectivity index (χ3v) is 2.48. The number of carbonyl (C=O) groups is 4. The third kappa shape index (κ3) is 4.76. The van der Waals surface area contributed by atoms with Crippen molar-refractivity contribution in [1.29, 1.82) is 0 Å². The zero-order chi connectivity index (χ0) is 13.5. The molecular formula is C11H16O6. The van der Waals surface area contributed by atoms with Crippen LogP contribution in [0.5, 0.6) is 0 Å². The summed E-state index contributed by atoms with van der Waals surface area (Å²) in [4.78, 5) is 43.5. The minimum atomic E-state index is -1.45. The predicted molar refractivity (Wildman–Crippen MR) is 57.3 cm³/mol. The first-order chi connectivity index (χ1) is 7.88. The molecule has 1 N–H and O–H groups in total. The molecule has 6 heteroatoms. The van der Waals surface area contributed by atoms with Gasteiger partial charge in [0, 0.05) is 0 Å². The van der Waals surface area contributed by atoms with Crippen LogP contribution in [0.2, 0.25) is 0 Å². The number of hydrogen-bond donors (Lipinski definition) is 1. The smallest absolute Gasteiger partial charge is 0.307 e. The van der Waals surface area contributed by atoms with Gasteiger partial charge in [0.2, 0.25) is 0 Å². The number of hydrogen-bond acceptors (Lipinski definition) is 5. The first-order valence-electron chi connectivity index (χ1n) is 5.26. The number of carboxylic acid groups (broad SMARTS) is 1. The molecule has 0 aromatic carbocycles. The van der Waals surface area contributed by atoms with Gasteiger partial charge < -0.3 is 14.6 Å². The maximum Gasteiger partial charge on any atom is 0.307 e. The molecule has 0 radical (unpaired) electrons. The second kappa shape index (κ2) is 6.78. The molecule has 0 fully saturated rings. The number of Topliss-reactive ketones (excluding diaryl/α,β-unsaturated/α-hetero) is 1. The normalized spacial score (nSPS) is 13.5. The summed E-state index contributed by atoms with van der Waals surface area (Å²) in [6, 6.07) is 0. The van der Waals surface area contributed by atoms with E-state index in [2.05, 4.69) is 0 Å². The SMILES string of the molecule is CCC(CC=O)(OC(=O)CCC(=O)O)C(C)=O. The Bertz CT molecular complexity index is 322. The quantitative estimate of drug-likeness (QED) is 0.499. The lowest BCUT2D eigenvalue weighted by Crippen LogP contribution is -2.42. The number of ether oxygens (including phenoxy) is 1. The van der Waals surface area contributed by atoms with E-state index in [0.717, 1.165) is 0 Å². The molecule has 0 aliphatic heterocycles. The van der Waals surface area contributed by atoms with Crippen LogP contribution in [0.3, 0.4) is 0 Å². The summed E-state index contributed by atoms with van der Waals surface area (Å²) < 4.78 is 4.96. The Balaban J connectivity index is 4.63. The van der Waals surface area contributed by atoms with Crippen molar-refractivity contribution in [2.24, 2.45) is 0 Å². The monoisotopic (exact) mass is 244 g/mol. The largest absolute Gasteiger partial charge is 0.481 e. The second-order valence-electron chi connectivity index (χ2n) is 3.64. The zero-order valence-corrected chi connectivity index (χ0v) is 9.89. The van der Waals surface area contributed by atoms with Crippen LogP contribution in [0, 0.1) is 0 Å². The maximum absolute atomic E-state index is 11.4. The Morgan fingerprint density at radius 1 is 1.29 bits per heavy atom. The molecule has 0 bridgehead atoms. The van der Waals surface area contributed by atoms with Crippen LogP contribution in [-0.4, -0.2) is 34.7 Å². The van der Waals surface area contributed by atoms with Crippen molar-refractivity contribution in [3.8, 4) is 0 Å². The number of ketones is 1. The lowest BCUT2D eigenvalue weighted by molar-refractivity contribution is -0.169. The highest BCUT2D eigenvalue weighted by molar-refractivity contribution is 5.90. The molecule has 0 saturated heterocycles. The molecule has 0 aromatic heterocycles. The van der Waals surface area contributed by atoms with Gasteiger partial charge in [0.15, 0.2) is 11.4 Å². The van der Waals surface area contributed by atoms with E-state index >= 15 is 0 Å². The first-order valence-corrected chi connectivity index (χ1v) is 5.26. The molecule has 0 spiro atoms. The van der Waals surface area contributed by atoms with Gasteiger partial charge in [-0.25, -0.2) is 0 Å². The van der Waals surface area contributed by atoms with Gasteiger partial charge in [0.05, 0.1) is 19.3 Å². The topological polar surface area (TPSA) is 97.7 Å². The fraction of sp³-hybridized carbons (Fsp3) is 0.636. The summed E-state index contributed by atoms with van der Waals surface area (Å²) in [6.07, 6.45) is -0.201. The number of aldehydes is 1. The van der Waals surface area contributed by atoms with Crippen molar-refractivity contribution in [2.45, 2.75) is 45.1 Å². The fourth-order valence-electron chi connectivity index (χ4n) is 1.34. The summed E-state index contributed by atoms with van der Waals surface area (Å²) >= 11 is 0. The van der Waals surface area contributed by atoms with E-state index in [1.807, 2.05) is 0 Å². The molecule has 6 nitrogen and oxygen atoms in total. The maximum atomic E-state index is 11.4. The van der Waals surface area contributed by atoms with Crippen molar-refractivity contribution < 1.29 is 29.0 Å². The van der Waals surface area contributed by atoms with E-state index in [9.17, 15) is 19.2 Å². The van der Waals surface area contributed by atoms with Crippen molar-refractivity contribution >= 4 is 24.0 Å². The summed E-state index contributed by atoms with van der Waals surface area (Å²) in [5, 5.41) is 8.40. The van der Waals surface area contributed by atoms with E-state index in [0.29, 0.717) is 6.29 Å². The van der Waals surface area contributed by atoms with Crippen molar-refractivity contribution in [2.75, 3.05) is 0 Å². The van der Waals surface area contributed by atoms with E-state index in [4.69, 9.17) is 9.84 Å². The van der Waals surface area contributed by atoms with Gasteiger partial charge in [-0.3, -0.25) is 14.4 Å². The summed E-state index contributed by atoms with van der Waals surface area (Å²) in [6.45, 7) is 2.85. The van der Waals surface area contributed by atoms with Crippen LogP contribution in [-0.2, 0) is 23.9 Å². The van der Waals surface area contributed by atoms with E-state index in [-0.39, 0.29) is 25.7 Å². The van der Waals surface area contributed by atoms with E-state index in [1.54, 1.807) is 6.92 Å². The molecule has 0 saturated carbocycles. The third-order valence-electron chi connectivity index (χ3n) is 2.48. The average molecular weight is 244 g/mol. The minimum Gasteiger partial charge on any atom is -0.481 e. The van der Waals surface area contributed by atoms with Gasteiger partial charge in [-0.05, 0) is 13.3 Å². The number of aliphatic carboxylic acids is 1. The highest BCUT2D eigenvalue weighted by Gasteiger charge is 2.37. The summed E-state index contributed by atoms with van der Waals surface area (Å²) in [5.41, 5.74) is -1.45. The molecule has 1 unspecified atom stereocenters. The average Bonchev–Trinajstić information content (AvgIpc) is 2.25. The van der Waals surface area contributed by atoms with Crippen LogP contribution in [0.4, 0.5) is 0 Å². The number of carbonyl (C=O) groups excluding carboxylic acids is 3. The minimum absolute atomic E-state index is 0.180. The first kappa shape index (κ1) is 15.3. The molecule has 0 aromatic rings. The Morgan fingerprint density at radius 2 is 1.88 bits per heavy atom. The summed E-state index contributed by atoms with van der Waals surface area (Å²) in [7, 11) is 0. The van der Waals surface area contributed by atoms with Gasteiger partial charge in [0.25, 0.3) is 0 Å². The predicted octanol–water partition coefficient (Wildman–Crippen LogP) is 0.721. The molecule has 0 amide bonds. The Labute approximate surface area is 98.9 Å². The van der Waals surface area contributed by atoms with Crippen LogP contribution in [0.15, 0.2) is 0 Å². The Morgan fingerprint density at radius 3 is 2.24 bits per heavy atom. The van der Waals surface area contributed by atoms with Gasteiger partial charge >= 0.3 is 11.9 Å². The molecule has 1 atom stereocenters. The molecule has 0 heterocycles. The van der Waals surface area contributed by atoms with Crippen molar-refractivity contribution in [3.63, 3.8) is 0 Å². The zero-order valence-electron chi connectivity index (χ0n) is 9.89. The number of carboxylic acids is 1. The molecule has 0 aliphatic rings. The van der Waals surface area contributed by atoms with Crippen LogP contribution in [0.25, 0.3) is 0 Å². The highest BCUT2D eigenvalue weighted by atomic mass is 16.6. The molecule has 0 rings (SSSR count). The highest BCUT2D eigenvalue weighted by Crippen LogP contribution is 2.22. The Kier molecular flexibility index (Phi) is 6.09. The van der Waals surface area contributed by atoms with E-state index in [1.165, 1.54) is 6.92 Å². The lowest BCUT2D eigenvalue weighted by Gasteiger charge is -2.27. The van der Waals surface area contributed by atoms with Crippen LogP contribution < -0.4 is 0 Å². The Hall–Kier alpha value is -1.72. The standard InChI is InChI=1S/C11H16O6/c1-3-11(6-7-12,8(2)13)17-10(16)5-4-9(14)15/h7H,3-6H2,1-2H3,(H,14,15). The number of rotatable bonds is 8. The van der Waals surface area contributed by atoms with Gasteiger partial charge in [-0.15, -0.1) is 0 Å². The molecular weight excluding hydrogens is 228 g/mol. The van der Waals surface area contributed by atoms with Gasteiger partial charge in [-0.2, -0.15) is 0 Å². The number of esters is 1.